The molecule has 3 atom stereocenters. The molecule has 1 aromatic carbocycles. The molecule has 0 unspecified atom stereocenters. The molecule has 7 nitrogen and oxygen atoms in total. The van der Waals surface area contributed by atoms with Crippen molar-refractivity contribution in [2.24, 2.45) is 10.9 Å². The van der Waals surface area contributed by atoms with Crippen LogP contribution in [0.4, 0.5) is 9.18 Å². The van der Waals surface area contributed by atoms with Crippen molar-refractivity contribution in [3.05, 3.63) is 34.1 Å². The molecule has 4 rings (SSSR count). The molecule has 0 radical (unpaired) electrons. The third-order valence-corrected chi connectivity index (χ3v) is 9.99. The summed E-state index contributed by atoms with van der Waals surface area (Å²) in [4.78, 5) is 30.3. The first kappa shape index (κ1) is 25.7. The molecule has 11 heteroatoms. The van der Waals surface area contributed by atoms with Gasteiger partial charge in [-0.15, -0.1) is 0 Å². The SMILES string of the molecule is C[C@]1(c2cc(Br)ccc2F)N=C(OC(=O)NCOCC[Si](C)(C)C)S[C@@]2(C(=O)NC3CC3)C[C@H]21. The second-order valence-corrected chi connectivity index (χ2v) is 18.4. The summed E-state index contributed by atoms with van der Waals surface area (Å²) in [5.74, 6) is -0.727. The average Bonchev–Trinajstić information content (AvgIpc) is 3.64. The van der Waals surface area contributed by atoms with Gasteiger partial charge in [-0.2, -0.15) is 0 Å². The van der Waals surface area contributed by atoms with Gasteiger partial charge in [-0.05, 0) is 62.2 Å². The van der Waals surface area contributed by atoms with Crippen LogP contribution in [0.15, 0.2) is 27.7 Å². The Bertz CT molecular complexity index is 1020. The van der Waals surface area contributed by atoms with Gasteiger partial charge in [0, 0.05) is 36.7 Å². The Morgan fingerprint density at radius 2 is 2.06 bits per heavy atom. The van der Waals surface area contributed by atoms with Gasteiger partial charge >= 0.3 is 6.09 Å². The number of thioether (sulfide) groups is 1. The van der Waals surface area contributed by atoms with Crippen molar-refractivity contribution in [1.29, 1.82) is 0 Å². The Morgan fingerprint density at radius 3 is 2.74 bits per heavy atom. The average molecular weight is 573 g/mol. The maximum Gasteiger partial charge on any atom is 0.416 e. The van der Waals surface area contributed by atoms with Gasteiger partial charge < -0.3 is 14.8 Å². The summed E-state index contributed by atoms with van der Waals surface area (Å²) < 4.78 is 25.8. The van der Waals surface area contributed by atoms with Gasteiger partial charge in [0.15, 0.2) is 0 Å². The standard InChI is InChI=1S/C23H31BrFN3O4SSi/c1-22(16-11-14(24)5-8-17(16)25)18-12-23(18,19(29)27-15-6-7-15)33-21(28-22)32-20(30)26-13-31-9-10-34(2,3)4/h5,8,11,15,18H,6-7,9-10,12-13H2,1-4H3,(H,26,30)(H,27,29)/t18-,22+,23-/m0/s1. The second kappa shape index (κ2) is 9.55. The number of halogens is 2. The van der Waals surface area contributed by atoms with Crippen molar-refractivity contribution < 1.29 is 23.5 Å². The number of hydrogen-bond donors (Lipinski definition) is 2. The molecule has 0 bridgehead atoms. The Kier molecular flexibility index (Phi) is 7.21. The quantitative estimate of drug-likeness (QED) is 0.261. The van der Waals surface area contributed by atoms with Gasteiger partial charge in [0.25, 0.3) is 5.23 Å². The molecule has 186 valence electrons. The van der Waals surface area contributed by atoms with Gasteiger partial charge in [-0.3, -0.25) is 10.1 Å². The van der Waals surface area contributed by atoms with Crippen LogP contribution in [-0.2, 0) is 19.8 Å². The number of nitrogens with one attached hydrogen (secondary N) is 2. The van der Waals surface area contributed by atoms with E-state index in [0.29, 0.717) is 23.1 Å². The first-order valence-corrected chi connectivity index (χ1v) is 16.8. The molecular formula is C23H31BrFN3O4SSi. The van der Waals surface area contributed by atoms with E-state index in [-0.39, 0.29) is 29.8 Å². The fourth-order valence-electron chi connectivity index (χ4n) is 4.14. The molecule has 2 fully saturated rings. The molecule has 1 aromatic rings. The first-order chi connectivity index (χ1) is 15.9. The first-order valence-electron chi connectivity index (χ1n) is 11.5. The predicted octanol–water partition coefficient (Wildman–Crippen LogP) is 4.98. The molecule has 0 spiro atoms. The molecule has 2 aliphatic carbocycles. The summed E-state index contributed by atoms with van der Waals surface area (Å²) in [5, 5.41) is 5.69. The van der Waals surface area contributed by atoms with E-state index in [1.807, 2.05) is 0 Å². The topological polar surface area (TPSA) is 89.0 Å². The molecule has 3 aliphatic rings. The lowest BCUT2D eigenvalue weighted by Gasteiger charge is -2.34. The summed E-state index contributed by atoms with van der Waals surface area (Å²) in [6, 6.07) is 5.86. The molecule has 1 aliphatic heterocycles. The number of hydrogen-bond acceptors (Lipinski definition) is 6. The minimum atomic E-state index is -1.22. The number of rotatable bonds is 8. The minimum Gasteiger partial charge on any atom is -0.385 e. The number of amides is 2. The van der Waals surface area contributed by atoms with Crippen LogP contribution in [0.3, 0.4) is 0 Å². The zero-order chi connectivity index (χ0) is 24.7. The van der Waals surface area contributed by atoms with Crippen molar-refractivity contribution in [2.45, 2.75) is 68.2 Å². The van der Waals surface area contributed by atoms with Crippen molar-refractivity contribution in [3.8, 4) is 0 Å². The fourth-order valence-corrected chi connectivity index (χ4v) is 6.70. The van der Waals surface area contributed by atoms with E-state index in [4.69, 9.17) is 9.47 Å². The number of benzene rings is 1. The van der Waals surface area contributed by atoms with Crippen LogP contribution in [-0.4, -0.2) is 49.4 Å². The van der Waals surface area contributed by atoms with Crippen molar-refractivity contribution in [1.82, 2.24) is 10.6 Å². The van der Waals surface area contributed by atoms with Crippen LogP contribution in [0.25, 0.3) is 0 Å². The van der Waals surface area contributed by atoms with Gasteiger partial charge in [-0.1, -0.05) is 35.6 Å². The van der Waals surface area contributed by atoms with Gasteiger partial charge in [0.2, 0.25) is 5.91 Å². The Balaban J connectivity index is 1.49. The van der Waals surface area contributed by atoms with Crippen LogP contribution in [0.1, 0.15) is 31.7 Å². The maximum atomic E-state index is 14.9. The number of ether oxygens (including phenoxy) is 2. The van der Waals surface area contributed by atoms with Crippen LogP contribution in [0, 0.1) is 11.7 Å². The Morgan fingerprint density at radius 1 is 1.32 bits per heavy atom. The van der Waals surface area contributed by atoms with E-state index in [1.54, 1.807) is 19.1 Å². The molecule has 0 saturated heterocycles. The summed E-state index contributed by atoms with van der Waals surface area (Å²) in [6.45, 7) is 9.15. The molecule has 1 heterocycles. The summed E-state index contributed by atoms with van der Waals surface area (Å²) in [7, 11) is -1.22. The van der Waals surface area contributed by atoms with Crippen LogP contribution in [0.5, 0.6) is 0 Å². The number of carbonyl (C=O) groups excluding carboxylic acids is 2. The highest BCUT2D eigenvalue weighted by atomic mass is 79.9. The monoisotopic (exact) mass is 571 g/mol. The zero-order valence-electron chi connectivity index (χ0n) is 19.9. The molecule has 2 saturated carbocycles. The lowest BCUT2D eigenvalue weighted by atomic mass is 9.85. The smallest absolute Gasteiger partial charge is 0.385 e. The van der Waals surface area contributed by atoms with E-state index in [2.05, 4.69) is 51.2 Å². The highest BCUT2D eigenvalue weighted by Gasteiger charge is 2.71. The Labute approximate surface area is 213 Å². The summed E-state index contributed by atoms with van der Waals surface area (Å²) in [6.07, 6.45) is 1.74. The van der Waals surface area contributed by atoms with Crippen LogP contribution >= 0.6 is 27.7 Å². The molecule has 34 heavy (non-hydrogen) atoms. The van der Waals surface area contributed by atoms with E-state index >= 15 is 0 Å². The van der Waals surface area contributed by atoms with Crippen molar-refractivity contribution >= 4 is 53.0 Å². The maximum absolute atomic E-state index is 14.9. The van der Waals surface area contributed by atoms with E-state index in [9.17, 15) is 14.0 Å². The minimum absolute atomic E-state index is 0.0225. The summed E-state index contributed by atoms with van der Waals surface area (Å²) in [5.41, 5.74) is -0.687. The third kappa shape index (κ3) is 5.68. The molecule has 2 N–H and O–H groups in total. The number of fused-ring (bicyclic) bond motifs is 1. The molecular weight excluding hydrogens is 541 g/mol. The second-order valence-electron chi connectivity index (χ2n) is 10.6. The van der Waals surface area contributed by atoms with E-state index in [1.165, 1.54) is 6.07 Å². The zero-order valence-corrected chi connectivity index (χ0v) is 23.3. The number of aliphatic imine (C=N–C) groups is 1. The molecule has 2 amide bonds. The van der Waals surface area contributed by atoms with Gasteiger partial charge in [0.05, 0.1) is 5.54 Å². The lowest BCUT2D eigenvalue weighted by molar-refractivity contribution is -0.121. The van der Waals surface area contributed by atoms with Crippen molar-refractivity contribution in [3.63, 3.8) is 0 Å². The fraction of sp³-hybridized carbons (Fsp3) is 0.609. The molecule has 0 aromatic heterocycles. The van der Waals surface area contributed by atoms with Gasteiger partial charge in [0.1, 0.15) is 17.3 Å². The highest BCUT2D eigenvalue weighted by molar-refractivity contribution is 9.10. The summed E-state index contributed by atoms with van der Waals surface area (Å²) >= 11 is 4.56. The van der Waals surface area contributed by atoms with Crippen LogP contribution in [0.2, 0.25) is 25.7 Å². The van der Waals surface area contributed by atoms with Crippen molar-refractivity contribution in [2.75, 3.05) is 13.3 Å². The normalized spacial score (nSPS) is 27.9. The van der Waals surface area contributed by atoms with E-state index in [0.717, 1.165) is 30.6 Å². The predicted molar refractivity (Wildman–Crippen MR) is 137 cm³/mol. The highest BCUT2D eigenvalue weighted by Crippen LogP contribution is 2.66. The van der Waals surface area contributed by atoms with Crippen LogP contribution < -0.4 is 10.6 Å². The van der Waals surface area contributed by atoms with E-state index < -0.39 is 30.3 Å². The lowest BCUT2D eigenvalue weighted by Crippen LogP contribution is -2.44. The Hall–Kier alpha value is -1.43. The number of nitrogens with zero attached hydrogens (tertiary/aromatic N) is 1. The number of alkyl carbamates (subject to hydrolysis) is 1. The largest absolute Gasteiger partial charge is 0.416 e. The van der Waals surface area contributed by atoms with Gasteiger partial charge in [-0.25, -0.2) is 14.2 Å². The number of carbonyl (C=O) groups is 2. The third-order valence-electron chi connectivity index (χ3n) is 6.45.